The van der Waals surface area contributed by atoms with Gasteiger partial charge >= 0.3 is 0 Å². The summed E-state index contributed by atoms with van der Waals surface area (Å²) in [5.41, 5.74) is 9.21. The van der Waals surface area contributed by atoms with Crippen molar-refractivity contribution in [2.75, 3.05) is 0 Å². The van der Waals surface area contributed by atoms with Crippen molar-refractivity contribution in [1.82, 2.24) is 9.55 Å². The van der Waals surface area contributed by atoms with Crippen LogP contribution in [0.25, 0.3) is 61.1 Å². The molecule has 0 atom stereocenters. The Morgan fingerprint density at radius 3 is 2.41 bits per heavy atom. The molecule has 7 rings (SSSR count). The molecule has 0 N–H and O–H groups in total. The van der Waals surface area contributed by atoms with Gasteiger partial charge in [0, 0.05) is 32.7 Å². The molecule has 2 aromatic heterocycles. The van der Waals surface area contributed by atoms with Gasteiger partial charge in [0.15, 0.2) is 17.4 Å². The molecular formula is C32H22N3OY-. The smallest absolute Gasteiger partial charge is 0.229 e. The standard InChI is InChI=1S/C32H22N3O.Y/c1-21-12-13-23(24-15-14-22-16-17-28-31(27(22)19-24)36-20-33-28)18-26(21)32-34(2)29-10-6-7-11-30(29)35(32)25-8-4-3-5-9-25;/h3-17,20H,1-2H3;/q-1;. The zero-order valence-electron chi connectivity index (χ0n) is 20.6. The molecule has 0 fully saturated rings. The third kappa shape index (κ3) is 3.83. The molecule has 0 saturated carbocycles. The predicted molar refractivity (Wildman–Crippen MR) is 143 cm³/mol. The molecule has 2 heterocycles. The van der Waals surface area contributed by atoms with E-state index in [1.54, 1.807) is 0 Å². The molecule has 0 aliphatic heterocycles. The Morgan fingerprint density at radius 1 is 0.811 bits per heavy atom. The van der Waals surface area contributed by atoms with Crippen LogP contribution in [0.4, 0.5) is 0 Å². The summed E-state index contributed by atoms with van der Waals surface area (Å²) in [6, 6.07) is 38.9. The molecule has 0 spiro atoms. The summed E-state index contributed by atoms with van der Waals surface area (Å²) in [6.45, 7) is 2.14. The molecule has 175 valence electrons. The number of rotatable bonds is 3. The molecule has 0 unspecified atom stereocenters. The summed E-state index contributed by atoms with van der Waals surface area (Å²) in [7, 11) is 2.12. The number of para-hydroxylation sites is 3. The maximum Gasteiger partial charge on any atom is 0.229 e. The average molecular weight is 553 g/mol. The fourth-order valence-corrected chi connectivity index (χ4v) is 5.11. The van der Waals surface area contributed by atoms with Gasteiger partial charge in [-0.15, -0.1) is 23.8 Å². The van der Waals surface area contributed by atoms with Crippen LogP contribution < -0.4 is 4.57 Å². The second kappa shape index (κ2) is 9.37. The molecule has 0 aliphatic carbocycles. The average Bonchev–Trinajstić information content (AvgIpc) is 3.52. The van der Waals surface area contributed by atoms with E-state index in [0.29, 0.717) is 0 Å². The van der Waals surface area contributed by atoms with Crippen molar-refractivity contribution in [3.05, 3.63) is 115 Å². The van der Waals surface area contributed by atoms with Crippen molar-refractivity contribution < 1.29 is 41.7 Å². The molecule has 5 heteroatoms. The van der Waals surface area contributed by atoms with Crippen LogP contribution in [0.15, 0.2) is 102 Å². The molecule has 0 saturated heterocycles. The largest absolute Gasteiger partial charge is 0.480 e. The summed E-state index contributed by atoms with van der Waals surface area (Å²) in [5, 5.41) is 2.01. The second-order valence-corrected chi connectivity index (χ2v) is 9.07. The van der Waals surface area contributed by atoms with Crippen molar-refractivity contribution in [2.24, 2.45) is 7.05 Å². The first-order valence-electron chi connectivity index (χ1n) is 12.0. The summed E-state index contributed by atoms with van der Waals surface area (Å²) in [5.74, 6) is 1.08. The molecule has 7 aromatic rings. The topological polar surface area (TPSA) is 34.8 Å². The number of hydrogen-bond donors (Lipinski definition) is 0. The van der Waals surface area contributed by atoms with Gasteiger partial charge in [0.1, 0.15) is 5.69 Å². The van der Waals surface area contributed by atoms with Crippen LogP contribution in [-0.4, -0.2) is 9.55 Å². The van der Waals surface area contributed by atoms with Crippen LogP contribution in [0.5, 0.6) is 0 Å². The number of benzene rings is 5. The SMILES string of the molecule is Cc1ccc(-c2[c-]c3c(cc2)ccc2ncoc23)[c-]c1-c1n(-c2ccccc2)c2ccccc2[n+]1C.[Y]. The second-order valence-electron chi connectivity index (χ2n) is 9.07. The van der Waals surface area contributed by atoms with Gasteiger partial charge in [-0.2, -0.15) is 29.3 Å². The van der Waals surface area contributed by atoms with Crippen molar-refractivity contribution >= 4 is 32.9 Å². The first kappa shape index (κ1) is 23.8. The van der Waals surface area contributed by atoms with Gasteiger partial charge in [-0.25, -0.2) is 9.55 Å². The van der Waals surface area contributed by atoms with Crippen LogP contribution in [-0.2, 0) is 39.8 Å². The van der Waals surface area contributed by atoms with Crippen molar-refractivity contribution in [3.8, 4) is 28.2 Å². The number of oxazole rings is 1. The minimum atomic E-state index is 0. The van der Waals surface area contributed by atoms with Crippen LogP contribution in [0.3, 0.4) is 0 Å². The van der Waals surface area contributed by atoms with Crippen molar-refractivity contribution in [1.29, 1.82) is 0 Å². The van der Waals surface area contributed by atoms with Crippen LogP contribution in [0, 0.1) is 19.1 Å². The minimum absolute atomic E-state index is 0. The van der Waals surface area contributed by atoms with E-state index in [-0.39, 0.29) is 32.7 Å². The van der Waals surface area contributed by atoms with Crippen LogP contribution in [0.2, 0.25) is 0 Å². The third-order valence-electron chi connectivity index (χ3n) is 6.92. The monoisotopic (exact) mass is 553 g/mol. The Bertz CT molecular complexity index is 1920. The number of aryl methyl sites for hydroxylation is 2. The molecule has 0 bridgehead atoms. The van der Waals surface area contributed by atoms with Crippen LogP contribution >= 0.6 is 0 Å². The van der Waals surface area contributed by atoms with E-state index in [4.69, 9.17) is 4.42 Å². The zero-order valence-corrected chi connectivity index (χ0v) is 23.4. The van der Waals surface area contributed by atoms with E-state index in [1.807, 2.05) is 12.1 Å². The number of aromatic nitrogens is 3. The summed E-state index contributed by atoms with van der Waals surface area (Å²) in [4.78, 5) is 4.31. The fraction of sp³-hybridized carbons (Fsp3) is 0.0625. The van der Waals surface area contributed by atoms with Crippen molar-refractivity contribution in [3.63, 3.8) is 0 Å². The van der Waals surface area contributed by atoms with Crippen LogP contribution in [0.1, 0.15) is 5.56 Å². The Morgan fingerprint density at radius 2 is 1.54 bits per heavy atom. The van der Waals surface area contributed by atoms with Gasteiger partial charge in [0.05, 0.1) is 18.1 Å². The third-order valence-corrected chi connectivity index (χ3v) is 6.92. The quantitative estimate of drug-likeness (QED) is 0.175. The van der Waals surface area contributed by atoms with E-state index in [2.05, 4.69) is 119 Å². The molecule has 37 heavy (non-hydrogen) atoms. The normalized spacial score (nSPS) is 11.3. The van der Waals surface area contributed by atoms with Gasteiger partial charge in [-0.1, -0.05) is 54.1 Å². The molecule has 0 aliphatic rings. The molecule has 5 aromatic carbocycles. The number of hydrogen-bond acceptors (Lipinski definition) is 2. The van der Waals surface area contributed by atoms with E-state index >= 15 is 0 Å². The number of fused-ring (bicyclic) bond motifs is 4. The van der Waals surface area contributed by atoms with Crippen molar-refractivity contribution in [2.45, 2.75) is 6.92 Å². The maximum atomic E-state index is 5.69. The van der Waals surface area contributed by atoms with E-state index in [0.717, 1.165) is 61.2 Å². The Labute approximate surface area is 240 Å². The van der Waals surface area contributed by atoms with Gasteiger partial charge < -0.3 is 4.42 Å². The van der Waals surface area contributed by atoms with Gasteiger partial charge in [-0.05, 0) is 35.9 Å². The van der Waals surface area contributed by atoms with E-state index in [9.17, 15) is 0 Å². The predicted octanol–water partition coefficient (Wildman–Crippen LogP) is 6.99. The summed E-state index contributed by atoms with van der Waals surface area (Å²) < 4.78 is 10.3. The van der Waals surface area contributed by atoms with E-state index in [1.165, 1.54) is 11.9 Å². The molecule has 0 amide bonds. The Kier molecular flexibility index (Phi) is 6.02. The Balaban J connectivity index is 0.00000252. The first-order chi connectivity index (χ1) is 17.7. The van der Waals surface area contributed by atoms with Gasteiger partial charge in [-0.3, -0.25) is 4.57 Å². The minimum Gasteiger partial charge on any atom is -0.480 e. The summed E-state index contributed by atoms with van der Waals surface area (Å²) in [6.07, 6.45) is 1.49. The molecule has 4 nitrogen and oxygen atoms in total. The summed E-state index contributed by atoms with van der Waals surface area (Å²) >= 11 is 0. The number of nitrogens with zero attached hydrogens (tertiary/aromatic N) is 3. The first-order valence-corrected chi connectivity index (χ1v) is 12.0. The maximum absolute atomic E-state index is 5.69. The van der Waals surface area contributed by atoms with E-state index < -0.39 is 0 Å². The van der Waals surface area contributed by atoms with Gasteiger partial charge in [0.2, 0.25) is 5.82 Å². The number of imidazole rings is 1. The fourth-order valence-electron chi connectivity index (χ4n) is 5.11. The molecular weight excluding hydrogens is 531 g/mol. The molecule has 1 radical (unpaired) electrons. The zero-order chi connectivity index (χ0) is 24.2. The van der Waals surface area contributed by atoms with Gasteiger partial charge in [0.25, 0.3) is 0 Å². The Hall–Kier alpha value is -3.60.